The molecule has 2 nitrogen and oxygen atoms in total. The van der Waals surface area contributed by atoms with Gasteiger partial charge in [0.2, 0.25) is 0 Å². The second-order valence-electron chi connectivity index (χ2n) is 3.70. The zero-order valence-corrected chi connectivity index (χ0v) is 10.3. The Hall–Kier alpha value is -0.290. The largest absolute Gasteiger partial charge is 0.381 e. The first kappa shape index (κ1) is 10.2. The van der Waals surface area contributed by atoms with E-state index in [-0.39, 0.29) is 0 Å². The highest BCUT2D eigenvalue weighted by atomic mass is 127. The first-order valence-electron chi connectivity index (χ1n) is 5.07. The summed E-state index contributed by atoms with van der Waals surface area (Å²) >= 11 is 2.34. The van der Waals surface area contributed by atoms with Gasteiger partial charge in [-0.2, -0.15) is 0 Å². The molecule has 76 valence electrons. The summed E-state index contributed by atoms with van der Waals surface area (Å²) in [4.78, 5) is 0. The molecule has 0 aromatic heterocycles. The van der Waals surface area contributed by atoms with Crippen LogP contribution in [-0.4, -0.2) is 19.1 Å². The van der Waals surface area contributed by atoms with E-state index in [0.717, 1.165) is 6.54 Å². The highest BCUT2D eigenvalue weighted by molar-refractivity contribution is 14.1. The van der Waals surface area contributed by atoms with Gasteiger partial charge in [-0.25, -0.2) is 0 Å². The van der Waals surface area contributed by atoms with E-state index in [1.807, 2.05) is 0 Å². The molecule has 1 aliphatic rings. The molecule has 2 rings (SSSR count). The van der Waals surface area contributed by atoms with E-state index in [0.29, 0.717) is 6.04 Å². The molecule has 1 saturated heterocycles. The number of rotatable bonds is 2. The van der Waals surface area contributed by atoms with E-state index in [9.17, 15) is 0 Å². The van der Waals surface area contributed by atoms with E-state index in [2.05, 4.69) is 57.5 Å². The molecule has 1 aliphatic heterocycles. The monoisotopic (exact) mass is 302 g/mol. The fourth-order valence-electron chi connectivity index (χ4n) is 1.79. The van der Waals surface area contributed by atoms with Gasteiger partial charge < -0.3 is 10.6 Å². The van der Waals surface area contributed by atoms with Gasteiger partial charge in [0.15, 0.2) is 0 Å². The number of halogens is 1. The Morgan fingerprint density at radius 1 is 1.43 bits per heavy atom. The molecular weight excluding hydrogens is 287 g/mol. The van der Waals surface area contributed by atoms with Crippen molar-refractivity contribution in [2.75, 3.05) is 18.4 Å². The van der Waals surface area contributed by atoms with E-state index in [4.69, 9.17) is 0 Å². The summed E-state index contributed by atoms with van der Waals surface area (Å²) in [6.07, 6.45) is 2.56. The summed E-state index contributed by atoms with van der Waals surface area (Å²) in [6.45, 7) is 2.26. The van der Waals surface area contributed by atoms with Gasteiger partial charge in [-0.3, -0.25) is 0 Å². The minimum absolute atomic E-state index is 0.599. The highest BCUT2D eigenvalue weighted by Crippen LogP contribution is 2.15. The summed E-state index contributed by atoms with van der Waals surface area (Å²) in [5.41, 5.74) is 1.24. The lowest BCUT2D eigenvalue weighted by Gasteiger charge is -2.24. The number of nitrogens with one attached hydrogen (secondary N) is 2. The van der Waals surface area contributed by atoms with Gasteiger partial charge in [-0.15, -0.1) is 0 Å². The van der Waals surface area contributed by atoms with Gasteiger partial charge in [-0.05, 0) is 60.2 Å². The zero-order chi connectivity index (χ0) is 9.80. The van der Waals surface area contributed by atoms with Gasteiger partial charge in [-0.1, -0.05) is 6.07 Å². The van der Waals surface area contributed by atoms with Crippen LogP contribution in [0.25, 0.3) is 0 Å². The maximum Gasteiger partial charge on any atom is 0.0386 e. The molecule has 2 N–H and O–H groups in total. The van der Waals surface area contributed by atoms with Gasteiger partial charge in [0.25, 0.3) is 0 Å². The van der Waals surface area contributed by atoms with E-state index in [1.165, 1.54) is 28.6 Å². The number of hydrogen-bond donors (Lipinski definition) is 2. The average Bonchev–Trinajstić information content (AvgIpc) is 2.19. The summed E-state index contributed by atoms with van der Waals surface area (Å²) in [5, 5.41) is 6.96. The Balaban J connectivity index is 1.95. The molecule has 0 radical (unpaired) electrons. The van der Waals surface area contributed by atoms with Crippen LogP contribution < -0.4 is 10.6 Å². The molecule has 1 unspecified atom stereocenters. The Bertz CT molecular complexity index is 295. The summed E-state index contributed by atoms with van der Waals surface area (Å²) in [7, 11) is 0. The average molecular weight is 302 g/mol. The topological polar surface area (TPSA) is 24.1 Å². The van der Waals surface area contributed by atoms with Crippen molar-refractivity contribution >= 4 is 28.3 Å². The molecule has 0 spiro atoms. The Morgan fingerprint density at radius 3 is 3.07 bits per heavy atom. The molecule has 0 aliphatic carbocycles. The minimum Gasteiger partial charge on any atom is -0.381 e. The lowest BCUT2D eigenvalue weighted by molar-refractivity contribution is 0.480. The molecule has 1 atom stereocenters. The van der Waals surface area contributed by atoms with Crippen LogP contribution in [0.3, 0.4) is 0 Å². The third-order valence-electron chi connectivity index (χ3n) is 2.49. The van der Waals surface area contributed by atoms with E-state index in [1.54, 1.807) is 0 Å². The van der Waals surface area contributed by atoms with Crippen molar-refractivity contribution < 1.29 is 0 Å². The Labute approximate surface area is 98.6 Å². The fourth-order valence-corrected chi connectivity index (χ4v) is 2.33. The van der Waals surface area contributed by atoms with Crippen LogP contribution in [0.15, 0.2) is 24.3 Å². The molecule has 14 heavy (non-hydrogen) atoms. The molecular formula is C11H15IN2. The number of piperidine rings is 1. The molecule has 1 aromatic carbocycles. The molecule has 0 saturated carbocycles. The standard InChI is InChI=1S/C11H15IN2/c12-9-3-1-4-10(7-9)14-11-5-2-6-13-8-11/h1,3-4,7,11,13-14H,2,5-6,8H2. The van der Waals surface area contributed by atoms with Crippen molar-refractivity contribution in [1.82, 2.24) is 5.32 Å². The number of benzene rings is 1. The van der Waals surface area contributed by atoms with Crippen molar-refractivity contribution in [2.24, 2.45) is 0 Å². The smallest absolute Gasteiger partial charge is 0.0386 e. The molecule has 1 heterocycles. The molecule has 1 aromatic rings. The summed E-state index contributed by atoms with van der Waals surface area (Å²) in [6, 6.07) is 9.14. The quantitative estimate of drug-likeness (QED) is 0.820. The van der Waals surface area contributed by atoms with Crippen molar-refractivity contribution in [3.8, 4) is 0 Å². The van der Waals surface area contributed by atoms with Crippen LogP contribution in [0, 0.1) is 3.57 Å². The zero-order valence-electron chi connectivity index (χ0n) is 8.09. The summed E-state index contributed by atoms with van der Waals surface area (Å²) in [5.74, 6) is 0. The Kier molecular flexibility index (Phi) is 3.64. The highest BCUT2D eigenvalue weighted by Gasteiger charge is 2.11. The minimum atomic E-state index is 0.599. The molecule has 3 heteroatoms. The third kappa shape index (κ3) is 2.85. The van der Waals surface area contributed by atoms with Crippen LogP contribution >= 0.6 is 22.6 Å². The van der Waals surface area contributed by atoms with Gasteiger partial charge in [0, 0.05) is 21.8 Å². The molecule has 0 amide bonds. The van der Waals surface area contributed by atoms with E-state index < -0.39 is 0 Å². The first-order chi connectivity index (χ1) is 6.84. The van der Waals surface area contributed by atoms with Crippen molar-refractivity contribution in [3.05, 3.63) is 27.8 Å². The predicted octanol–water partition coefficient (Wildman–Crippen LogP) is 2.46. The fraction of sp³-hybridized carbons (Fsp3) is 0.455. The van der Waals surface area contributed by atoms with Crippen LogP contribution in [0.5, 0.6) is 0 Å². The predicted molar refractivity (Wildman–Crippen MR) is 68.7 cm³/mol. The molecule has 1 fully saturated rings. The van der Waals surface area contributed by atoms with Crippen LogP contribution in [-0.2, 0) is 0 Å². The lowest BCUT2D eigenvalue weighted by Crippen LogP contribution is -2.38. The van der Waals surface area contributed by atoms with Crippen LogP contribution in [0.1, 0.15) is 12.8 Å². The second-order valence-corrected chi connectivity index (χ2v) is 4.94. The van der Waals surface area contributed by atoms with E-state index >= 15 is 0 Å². The maximum absolute atomic E-state index is 3.55. The summed E-state index contributed by atoms with van der Waals surface area (Å²) < 4.78 is 1.29. The second kappa shape index (κ2) is 4.98. The third-order valence-corrected chi connectivity index (χ3v) is 3.16. The van der Waals surface area contributed by atoms with Crippen molar-refractivity contribution in [3.63, 3.8) is 0 Å². The normalized spacial score (nSPS) is 21.9. The van der Waals surface area contributed by atoms with Gasteiger partial charge in [0.1, 0.15) is 0 Å². The van der Waals surface area contributed by atoms with Gasteiger partial charge >= 0.3 is 0 Å². The SMILES string of the molecule is Ic1cccc(NC2CCCNC2)c1. The van der Waals surface area contributed by atoms with Crippen LogP contribution in [0.4, 0.5) is 5.69 Å². The van der Waals surface area contributed by atoms with Gasteiger partial charge in [0.05, 0.1) is 0 Å². The number of hydrogen-bond acceptors (Lipinski definition) is 2. The van der Waals surface area contributed by atoms with Crippen molar-refractivity contribution in [2.45, 2.75) is 18.9 Å². The van der Waals surface area contributed by atoms with Crippen molar-refractivity contribution in [1.29, 1.82) is 0 Å². The molecule has 0 bridgehead atoms. The first-order valence-corrected chi connectivity index (χ1v) is 6.15. The van der Waals surface area contributed by atoms with Crippen LogP contribution in [0.2, 0.25) is 0 Å². The lowest BCUT2D eigenvalue weighted by atomic mass is 10.1. The number of anilines is 1. The Morgan fingerprint density at radius 2 is 2.36 bits per heavy atom. The maximum atomic E-state index is 3.55.